The average molecular weight is 375 g/mol. The van der Waals surface area contributed by atoms with Gasteiger partial charge in [-0.05, 0) is 73.5 Å². The smallest absolute Gasteiger partial charge is 0.133 e. The Balaban J connectivity index is 1.85. The zero-order valence-electron chi connectivity index (χ0n) is 18.1. The Morgan fingerprint density at radius 2 is 1.63 bits per heavy atom. The number of aliphatic hydroxyl groups is 2. The Hall–Kier alpha value is -0.670. The predicted octanol–water partition coefficient (Wildman–Crippen LogP) is 4.66. The van der Waals surface area contributed by atoms with Crippen molar-refractivity contribution in [1.29, 1.82) is 0 Å². The molecule has 4 aliphatic rings. The molecule has 0 spiro atoms. The van der Waals surface area contributed by atoms with Crippen molar-refractivity contribution in [3.8, 4) is 0 Å². The third-order valence-corrected chi connectivity index (χ3v) is 10.1. The highest BCUT2D eigenvalue weighted by atomic mass is 16.3. The fourth-order valence-electron chi connectivity index (χ4n) is 8.45. The number of fused-ring (bicyclic) bond motifs is 4. The lowest BCUT2D eigenvalue weighted by atomic mass is 9.43. The first-order valence-corrected chi connectivity index (χ1v) is 11.0. The molecule has 0 bridgehead atoms. The van der Waals surface area contributed by atoms with Gasteiger partial charge in [0.25, 0.3) is 0 Å². The Morgan fingerprint density at radius 3 is 2.26 bits per heavy atom. The van der Waals surface area contributed by atoms with Crippen LogP contribution in [0.3, 0.4) is 0 Å². The highest BCUT2D eigenvalue weighted by molar-refractivity contribution is 5.80. The second kappa shape index (κ2) is 5.69. The summed E-state index contributed by atoms with van der Waals surface area (Å²) in [5, 5.41) is 22.0. The first-order chi connectivity index (χ1) is 12.4. The number of ketones is 1. The molecule has 3 nitrogen and oxygen atoms in total. The van der Waals surface area contributed by atoms with Gasteiger partial charge in [0.2, 0.25) is 0 Å². The van der Waals surface area contributed by atoms with Crippen molar-refractivity contribution in [3.05, 3.63) is 11.1 Å². The lowest BCUT2D eigenvalue weighted by Gasteiger charge is -2.63. The van der Waals surface area contributed by atoms with Crippen LogP contribution in [-0.4, -0.2) is 28.2 Å². The van der Waals surface area contributed by atoms with Gasteiger partial charge in [-0.3, -0.25) is 4.79 Å². The number of aliphatic hydroxyl groups excluding tert-OH is 2. The zero-order valence-corrected chi connectivity index (χ0v) is 18.1. The van der Waals surface area contributed by atoms with Crippen molar-refractivity contribution < 1.29 is 15.0 Å². The molecule has 0 aromatic carbocycles. The maximum atomic E-state index is 12.4. The van der Waals surface area contributed by atoms with Crippen LogP contribution in [-0.2, 0) is 4.79 Å². The third-order valence-electron chi connectivity index (χ3n) is 10.1. The van der Waals surface area contributed by atoms with Crippen LogP contribution >= 0.6 is 0 Å². The molecule has 0 aromatic rings. The number of hydrogen-bond acceptors (Lipinski definition) is 3. The van der Waals surface area contributed by atoms with Crippen LogP contribution < -0.4 is 0 Å². The van der Waals surface area contributed by atoms with E-state index in [-0.39, 0.29) is 39.6 Å². The highest BCUT2D eigenvalue weighted by Crippen LogP contribution is 2.71. The molecule has 0 aromatic heterocycles. The van der Waals surface area contributed by atoms with Gasteiger partial charge < -0.3 is 10.2 Å². The molecule has 2 saturated carbocycles. The minimum absolute atomic E-state index is 0.0181. The minimum Gasteiger partial charge on any atom is -0.393 e. The summed E-state index contributed by atoms with van der Waals surface area (Å²) in [4.78, 5) is 12.4. The fraction of sp³-hybridized carbons (Fsp3) is 0.875. The van der Waals surface area contributed by atoms with E-state index in [1.54, 1.807) is 12.5 Å². The van der Waals surface area contributed by atoms with E-state index in [1.807, 2.05) is 0 Å². The number of carbonyl (C=O) groups is 1. The Morgan fingerprint density at radius 1 is 0.963 bits per heavy atom. The normalized spacial score (nSPS) is 51.4. The van der Waals surface area contributed by atoms with E-state index in [0.717, 1.165) is 44.9 Å². The van der Waals surface area contributed by atoms with Crippen LogP contribution in [0.1, 0.15) is 86.5 Å². The summed E-state index contributed by atoms with van der Waals surface area (Å²) >= 11 is 0. The largest absolute Gasteiger partial charge is 0.393 e. The molecule has 27 heavy (non-hydrogen) atoms. The maximum absolute atomic E-state index is 12.4. The SMILES string of the molecule is CC(=O)C1CCC2(C)C3=C(CCC12C)C1(C)CCC(O)C(C)(C)C1C(O)C3. The highest BCUT2D eigenvalue weighted by Gasteiger charge is 2.65. The molecule has 2 fully saturated rings. The van der Waals surface area contributed by atoms with E-state index >= 15 is 0 Å². The van der Waals surface area contributed by atoms with E-state index in [4.69, 9.17) is 0 Å². The Kier molecular flexibility index (Phi) is 4.14. The van der Waals surface area contributed by atoms with Crippen LogP contribution in [0.4, 0.5) is 0 Å². The van der Waals surface area contributed by atoms with Crippen molar-refractivity contribution in [2.24, 2.45) is 33.5 Å². The van der Waals surface area contributed by atoms with Crippen LogP contribution in [0.15, 0.2) is 11.1 Å². The van der Waals surface area contributed by atoms with Crippen molar-refractivity contribution in [2.75, 3.05) is 0 Å². The monoisotopic (exact) mass is 374 g/mol. The molecular weight excluding hydrogens is 336 g/mol. The van der Waals surface area contributed by atoms with Crippen molar-refractivity contribution in [3.63, 3.8) is 0 Å². The maximum Gasteiger partial charge on any atom is 0.133 e. The molecule has 7 unspecified atom stereocenters. The molecule has 4 aliphatic carbocycles. The summed E-state index contributed by atoms with van der Waals surface area (Å²) in [6, 6.07) is 0. The summed E-state index contributed by atoms with van der Waals surface area (Å²) < 4.78 is 0. The molecule has 2 N–H and O–H groups in total. The standard InChI is InChI=1S/C24H38O3/c1-14(25)15-7-11-24(6)17-13-18(26)20-21(2,3)19(27)9-10-22(20,4)16(17)8-12-23(15,24)5/h15,18-20,26-27H,7-13H2,1-6H3. The van der Waals surface area contributed by atoms with Crippen molar-refractivity contribution >= 4 is 5.78 Å². The number of allylic oxidation sites excluding steroid dienone is 1. The van der Waals surface area contributed by atoms with Gasteiger partial charge in [0.15, 0.2) is 0 Å². The third kappa shape index (κ3) is 2.25. The molecule has 0 aliphatic heterocycles. The van der Waals surface area contributed by atoms with Gasteiger partial charge in [0, 0.05) is 11.8 Å². The lowest BCUT2D eigenvalue weighted by Crippen LogP contribution is -2.59. The van der Waals surface area contributed by atoms with Gasteiger partial charge >= 0.3 is 0 Å². The minimum atomic E-state index is -0.408. The number of rotatable bonds is 1. The number of hydrogen-bond donors (Lipinski definition) is 2. The molecule has 0 radical (unpaired) electrons. The molecule has 7 atom stereocenters. The van der Waals surface area contributed by atoms with E-state index in [9.17, 15) is 15.0 Å². The van der Waals surface area contributed by atoms with Gasteiger partial charge in [-0.25, -0.2) is 0 Å². The molecule has 0 saturated heterocycles. The van der Waals surface area contributed by atoms with E-state index < -0.39 is 6.10 Å². The second-order valence-corrected chi connectivity index (χ2v) is 11.5. The summed E-state index contributed by atoms with van der Waals surface area (Å²) in [6.07, 6.45) is 5.92. The fourth-order valence-corrected chi connectivity index (χ4v) is 8.45. The first kappa shape index (κ1) is 19.6. The van der Waals surface area contributed by atoms with Gasteiger partial charge in [-0.1, -0.05) is 45.8 Å². The first-order valence-electron chi connectivity index (χ1n) is 11.0. The number of Topliss-reactive ketones (excluding diaryl/α,β-unsaturated/α-hetero) is 1. The van der Waals surface area contributed by atoms with Crippen LogP contribution in [0.25, 0.3) is 0 Å². The second-order valence-electron chi connectivity index (χ2n) is 11.5. The topological polar surface area (TPSA) is 57.5 Å². The zero-order chi connectivity index (χ0) is 20.0. The lowest BCUT2D eigenvalue weighted by molar-refractivity contribution is -0.142. The molecule has 4 rings (SSSR count). The molecule has 0 amide bonds. The van der Waals surface area contributed by atoms with Crippen LogP contribution in [0, 0.1) is 33.5 Å². The summed E-state index contributed by atoms with van der Waals surface area (Å²) in [7, 11) is 0. The van der Waals surface area contributed by atoms with Gasteiger partial charge in [0.05, 0.1) is 12.2 Å². The Bertz CT molecular complexity index is 706. The molecule has 152 valence electrons. The quantitative estimate of drug-likeness (QED) is 0.657. The van der Waals surface area contributed by atoms with E-state index in [0.29, 0.717) is 5.78 Å². The summed E-state index contributed by atoms with van der Waals surface area (Å²) in [5.41, 5.74) is 2.77. The van der Waals surface area contributed by atoms with Gasteiger partial charge in [-0.2, -0.15) is 0 Å². The van der Waals surface area contributed by atoms with Gasteiger partial charge in [-0.15, -0.1) is 0 Å². The van der Waals surface area contributed by atoms with E-state index in [1.165, 1.54) is 5.57 Å². The van der Waals surface area contributed by atoms with Crippen molar-refractivity contribution in [1.82, 2.24) is 0 Å². The van der Waals surface area contributed by atoms with Crippen LogP contribution in [0.2, 0.25) is 0 Å². The molecule has 3 heteroatoms. The molecule has 0 heterocycles. The summed E-state index contributed by atoms with van der Waals surface area (Å²) in [5.74, 6) is 0.599. The van der Waals surface area contributed by atoms with Gasteiger partial charge in [0.1, 0.15) is 5.78 Å². The van der Waals surface area contributed by atoms with E-state index in [2.05, 4.69) is 34.6 Å². The molecular formula is C24H38O3. The predicted molar refractivity (Wildman–Crippen MR) is 107 cm³/mol. The van der Waals surface area contributed by atoms with Crippen molar-refractivity contribution in [2.45, 2.75) is 98.7 Å². The average Bonchev–Trinajstić information content (AvgIpc) is 2.84. The Labute approximate surface area is 164 Å². The number of carbonyl (C=O) groups excluding carboxylic acids is 1. The summed E-state index contributed by atoms with van der Waals surface area (Å²) in [6.45, 7) is 13.1. The van der Waals surface area contributed by atoms with Crippen LogP contribution in [0.5, 0.6) is 0 Å².